The van der Waals surface area contributed by atoms with Gasteiger partial charge in [-0.2, -0.15) is 8.42 Å². The van der Waals surface area contributed by atoms with Crippen LogP contribution < -0.4 is 5.46 Å². The van der Waals surface area contributed by atoms with E-state index in [2.05, 4.69) is 4.18 Å². The predicted octanol–water partition coefficient (Wildman–Crippen LogP) is 1.74. The van der Waals surface area contributed by atoms with Gasteiger partial charge in [-0.1, -0.05) is 12.1 Å². The van der Waals surface area contributed by atoms with Crippen LogP contribution in [-0.2, 0) is 30.2 Å². The average molecular weight is 348 g/mol. The van der Waals surface area contributed by atoms with Crippen molar-refractivity contribution in [3.63, 3.8) is 0 Å². The normalized spacial score (nSPS) is 20.0. The smallest absolute Gasteiger partial charge is 0.399 e. The molecule has 0 spiro atoms. The molecule has 2 rings (SSSR count). The molecular weight excluding hydrogens is 329 g/mol. The van der Waals surface area contributed by atoms with Crippen LogP contribution in [0.1, 0.15) is 33.3 Å². The zero-order valence-corrected chi connectivity index (χ0v) is 14.5. The largest absolute Gasteiger partial charge is 0.497 e. The van der Waals surface area contributed by atoms with Gasteiger partial charge in [0.2, 0.25) is 0 Å². The minimum Gasteiger partial charge on any atom is -0.399 e. The van der Waals surface area contributed by atoms with Crippen LogP contribution in [0.2, 0.25) is 0 Å². The van der Waals surface area contributed by atoms with Crippen LogP contribution in [0.4, 0.5) is 8.78 Å². The van der Waals surface area contributed by atoms with E-state index in [9.17, 15) is 17.2 Å². The van der Waals surface area contributed by atoms with Crippen LogP contribution in [0.5, 0.6) is 0 Å². The second kappa shape index (κ2) is 5.80. The maximum atomic E-state index is 14.3. The number of hydrogen-bond donors (Lipinski definition) is 0. The van der Waals surface area contributed by atoms with Crippen molar-refractivity contribution < 1.29 is 30.7 Å². The molecule has 1 aliphatic heterocycles. The summed E-state index contributed by atoms with van der Waals surface area (Å²) in [5.74, 6) is -2.32. The van der Waals surface area contributed by atoms with Crippen molar-refractivity contribution in [2.75, 3.05) is 6.26 Å². The highest BCUT2D eigenvalue weighted by molar-refractivity contribution is 7.85. The second-order valence-electron chi connectivity index (χ2n) is 6.50. The Labute approximate surface area is 135 Å². The highest BCUT2D eigenvalue weighted by atomic mass is 32.2. The van der Waals surface area contributed by atoms with Gasteiger partial charge in [0.1, 0.15) is 0 Å². The summed E-state index contributed by atoms with van der Waals surface area (Å²) in [5.41, 5.74) is -1.64. The van der Waals surface area contributed by atoms with Crippen molar-refractivity contribution in [2.24, 2.45) is 0 Å². The first-order valence-corrected chi connectivity index (χ1v) is 8.82. The van der Waals surface area contributed by atoms with E-state index in [1.165, 1.54) is 12.1 Å². The Hall–Kier alpha value is -1.03. The molecule has 0 amide bonds. The number of benzene rings is 1. The molecule has 0 unspecified atom stereocenters. The molecule has 1 aromatic rings. The van der Waals surface area contributed by atoms with Crippen LogP contribution in [0.25, 0.3) is 0 Å². The van der Waals surface area contributed by atoms with Crippen LogP contribution in [0, 0.1) is 11.6 Å². The maximum absolute atomic E-state index is 14.3. The van der Waals surface area contributed by atoms with Gasteiger partial charge in [-0.3, -0.25) is 4.18 Å². The first-order chi connectivity index (χ1) is 10.3. The Bertz CT molecular complexity index is 702. The van der Waals surface area contributed by atoms with Crippen molar-refractivity contribution >= 4 is 22.7 Å². The molecule has 1 aromatic carbocycles. The zero-order valence-electron chi connectivity index (χ0n) is 13.6. The van der Waals surface area contributed by atoms with Crippen molar-refractivity contribution in [3.8, 4) is 0 Å². The van der Waals surface area contributed by atoms with E-state index in [4.69, 9.17) is 9.31 Å². The first-order valence-electron chi connectivity index (χ1n) is 7.01. The van der Waals surface area contributed by atoms with Crippen molar-refractivity contribution in [2.45, 2.75) is 45.5 Å². The Morgan fingerprint density at radius 2 is 1.61 bits per heavy atom. The molecule has 0 radical (unpaired) electrons. The van der Waals surface area contributed by atoms with Gasteiger partial charge in [0.15, 0.2) is 11.6 Å². The van der Waals surface area contributed by atoms with Gasteiger partial charge in [0, 0.05) is 11.0 Å². The Morgan fingerprint density at radius 1 is 1.09 bits per heavy atom. The second-order valence-corrected chi connectivity index (χ2v) is 8.14. The summed E-state index contributed by atoms with van der Waals surface area (Å²) in [6, 6.07) is 2.56. The highest BCUT2D eigenvalue weighted by Gasteiger charge is 2.52. The molecule has 9 heteroatoms. The molecule has 0 atom stereocenters. The lowest BCUT2D eigenvalue weighted by Gasteiger charge is -2.32. The fourth-order valence-corrected chi connectivity index (χ4v) is 2.38. The zero-order chi connectivity index (χ0) is 17.6. The molecule has 0 saturated carbocycles. The molecular formula is C14H19BF2O5S. The third kappa shape index (κ3) is 3.73. The summed E-state index contributed by atoms with van der Waals surface area (Å²) in [5, 5.41) is 0. The standard InChI is InChI=1S/C14H19BF2O5S/c1-13(2)14(3,4)22-15(21-13)10-7-6-9(11(16)12(10)17)8-20-23(5,18)19/h6-7H,8H2,1-5H3. The van der Waals surface area contributed by atoms with E-state index in [1.807, 2.05) is 0 Å². The third-order valence-corrected chi connectivity index (χ3v) is 4.67. The fourth-order valence-electron chi connectivity index (χ4n) is 2.04. The molecule has 128 valence electrons. The van der Waals surface area contributed by atoms with Crippen molar-refractivity contribution in [3.05, 3.63) is 29.3 Å². The van der Waals surface area contributed by atoms with Gasteiger partial charge < -0.3 is 9.31 Å². The lowest BCUT2D eigenvalue weighted by molar-refractivity contribution is 0.00578. The monoisotopic (exact) mass is 348 g/mol. The molecule has 5 nitrogen and oxygen atoms in total. The molecule has 1 saturated heterocycles. The van der Waals surface area contributed by atoms with E-state index in [1.54, 1.807) is 27.7 Å². The summed E-state index contributed by atoms with van der Waals surface area (Å²) in [6.45, 7) is 6.63. The molecule has 1 heterocycles. The molecule has 1 fully saturated rings. The van der Waals surface area contributed by atoms with Gasteiger partial charge >= 0.3 is 7.12 Å². The quantitative estimate of drug-likeness (QED) is 0.613. The summed E-state index contributed by atoms with van der Waals surface area (Å²) in [6.07, 6.45) is 0.833. The lowest BCUT2D eigenvalue weighted by Crippen LogP contribution is -2.41. The molecule has 23 heavy (non-hydrogen) atoms. The molecule has 1 aliphatic rings. The molecule has 0 bridgehead atoms. The third-order valence-electron chi connectivity index (χ3n) is 4.13. The number of halogens is 2. The van der Waals surface area contributed by atoms with Crippen molar-refractivity contribution in [1.29, 1.82) is 0 Å². The maximum Gasteiger partial charge on any atom is 0.497 e. The summed E-state index contributed by atoms with van der Waals surface area (Å²) in [7, 11) is -4.79. The predicted molar refractivity (Wildman–Crippen MR) is 81.7 cm³/mol. The highest BCUT2D eigenvalue weighted by Crippen LogP contribution is 2.36. The van der Waals surface area contributed by atoms with Gasteiger partial charge in [-0.25, -0.2) is 8.78 Å². The van der Waals surface area contributed by atoms with Crippen LogP contribution in [-0.4, -0.2) is 33.0 Å². The summed E-state index contributed by atoms with van der Waals surface area (Å²) >= 11 is 0. The SMILES string of the molecule is CC1(C)OB(c2ccc(COS(C)(=O)=O)c(F)c2F)OC1(C)C. The average Bonchev–Trinajstić information content (AvgIpc) is 2.59. The summed E-state index contributed by atoms with van der Waals surface area (Å²) < 4.78 is 66.1. The van der Waals surface area contributed by atoms with E-state index < -0.39 is 46.7 Å². The molecule has 0 aromatic heterocycles. The topological polar surface area (TPSA) is 61.8 Å². The fraction of sp³-hybridized carbons (Fsp3) is 0.571. The van der Waals surface area contributed by atoms with E-state index in [0.717, 1.165) is 6.26 Å². The van der Waals surface area contributed by atoms with Crippen LogP contribution >= 0.6 is 0 Å². The molecule has 0 N–H and O–H groups in total. The van der Waals surface area contributed by atoms with Crippen LogP contribution in [0.15, 0.2) is 12.1 Å². The van der Waals surface area contributed by atoms with E-state index >= 15 is 0 Å². The van der Waals surface area contributed by atoms with Gasteiger partial charge in [-0.15, -0.1) is 0 Å². The first kappa shape index (κ1) is 18.3. The Kier molecular flexibility index (Phi) is 4.62. The number of hydrogen-bond acceptors (Lipinski definition) is 5. The van der Waals surface area contributed by atoms with Gasteiger partial charge in [-0.05, 0) is 27.7 Å². The Balaban J connectivity index is 2.28. The molecule has 0 aliphatic carbocycles. The summed E-state index contributed by atoms with van der Waals surface area (Å²) in [4.78, 5) is 0. The van der Waals surface area contributed by atoms with Gasteiger partial charge in [0.05, 0.1) is 24.1 Å². The van der Waals surface area contributed by atoms with Gasteiger partial charge in [0.25, 0.3) is 10.1 Å². The van der Waals surface area contributed by atoms with Crippen molar-refractivity contribution in [1.82, 2.24) is 0 Å². The van der Waals surface area contributed by atoms with E-state index in [0.29, 0.717) is 0 Å². The minimum atomic E-state index is -3.75. The van der Waals surface area contributed by atoms with E-state index in [-0.39, 0.29) is 11.0 Å². The lowest BCUT2D eigenvalue weighted by atomic mass is 9.78. The number of rotatable bonds is 4. The Morgan fingerprint density at radius 3 is 2.09 bits per heavy atom. The van der Waals surface area contributed by atoms with Crippen LogP contribution in [0.3, 0.4) is 0 Å². The minimum absolute atomic E-state index is 0.0794.